The number of hydrogen-bond acceptors (Lipinski definition) is 5. The number of benzene rings is 1. The molecule has 0 spiro atoms. The van der Waals surface area contributed by atoms with Crippen molar-refractivity contribution >= 4 is 17.5 Å². The summed E-state index contributed by atoms with van der Waals surface area (Å²) in [6.45, 7) is 2.93. The van der Waals surface area contributed by atoms with Crippen molar-refractivity contribution in [1.82, 2.24) is 15.0 Å². The van der Waals surface area contributed by atoms with Gasteiger partial charge in [-0.1, -0.05) is 43.1 Å². The fourth-order valence-electron chi connectivity index (χ4n) is 4.55. The molecule has 7 heteroatoms. The van der Waals surface area contributed by atoms with Crippen LogP contribution in [0.1, 0.15) is 49.9 Å². The maximum Gasteiger partial charge on any atom is 0.246 e. The number of aryl methyl sites for hydroxylation is 1. The van der Waals surface area contributed by atoms with Crippen molar-refractivity contribution < 1.29 is 14.1 Å². The van der Waals surface area contributed by atoms with Crippen molar-refractivity contribution in [1.29, 1.82) is 0 Å². The Kier molecular flexibility index (Phi) is 5.65. The SMILES string of the molecule is CCc1noc(CN(C)C(=O)C2CCCCC2C(=O)N2CCc3ccccc32)n1. The van der Waals surface area contributed by atoms with Crippen LogP contribution in [0.15, 0.2) is 28.8 Å². The maximum absolute atomic E-state index is 13.4. The Morgan fingerprint density at radius 3 is 2.72 bits per heavy atom. The molecule has 1 aromatic carbocycles. The van der Waals surface area contributed by atoms with E-state index >= 15 is 0 Å². The Morgan fingerprint density at radius 1 is 1.21 bits per heavy atom. The van der Waals surface area contributed by atoms with Gasteiger partial charge in [0.2, 0.25) is 17.7 Å². The number of rotatable bonds is 5. The van der Waals surface area contributed by atoms with Crippen molar-refractivity contribution in [2.75, 3.05) is 18.5 Å². The van der Waals surface area contributed by atoms with Crippen LogP contribution in [0.4, 0.5) is 5.69 Å². The summed E-state index contributed by atoms with van der Waals surface area (Å²) in [4.78, 5) is 34.4. The number of nitrogens with zero attached hydrogens (tertiary/aromatic N) is 4. The smallest absolute Gasteiger partial charge is 0.246 e. The lowest BCUT2D eigenvalue weighted by Crippen LogP contribution is -2.45. The monoisotopic (exact) mass is 396 g/mol. The van der Waals surface area contributed by atoms with E-state index in [1.54, 1.807) is 11.9 Å². The summed E-state index contributed by atoms with van der Waals surface area (Å²) in [5.41, 5.74) is 2.21. The third-order valence-electron chi connectivity index (χ3n) is 6.13. The molecule has 154 valence electrons. The standard InChI is InChI=1S/C22H28N4O3/c1-3-19-23-20(29-24-19)14-25(2)21(27)16-9-5-6-10-17(16)22(28)26-13-12-15-8-4-7-11-18(15)26/h4,7-8,11,16-17H,3,5-6,9-10,12-14H2,1-2H3. The van der Waals surface area contributed by atoms with Gasteiger partial charge in [-0.25, -0.2) is 0 Å². The first-order valence-electron chi connectivity index (χ1n) is 10.5. The third kappa shape index (κ3) is 3.91. The van der Waals surface area contributed by atoms with Crippen LogP contribution in [0.25, 0.3) is 0 Å². The van der Waals surface area contributed by atoms with E-state index < -0.39 is 0 Å². The highest BCUT2D eigenvalue weighted by atomic mass is 16.5. The average molecular weight is 396 g/mol. The van der Waals surface area contributed by atoms with Gasteiger partial charge in [0.05, 0.1) is 12.5 Å². The molecule has 1 saturated carbocycles. The Labute approximate surface area is 171 Å². The van der Waals surface area contributed by atoms with Gasteiger partial charge in [-0.05, 0) is 30.9 Å². The van der Waals surface area contributed by atoms with E-state index in [-0.39, 0.29) is 30.2 Å². The lowest BCUT2D eigenvalue weighted by Gasteiger charge is -2.34. The Balaban J connectivity index is 1.48. The van der Waals surface area contributed by atoms with Gasteiger partial charge in [0, 0.05) is 31.6 Å². The third-order valence-corrected chi connectivity index (χ3v) is 6.13. The number of aromatic nitrogens is 2. The van der Waals surface area contributed by atoms with Crippen LogP contribution in [0.2, 0.25) is 0 Å². The topological polar surface area (TPSA) is 79.5 Å². The normalized spacial score (nSPS) is 21.1. The Morgan fingerprint density at radius 2 is 1.97 bits per heavy atom. The quantitative estimate of drug-likeness (QED) is 0.776. The number of hydrogen-bond donors (Lipinski definition) is 0. The molecule has 2 aromatic rings. The first kappa shape index (κ1) is 19.6. The van der Waals surface area contributed by atoms with Gasteiger partial charge in [-0.2, -0.15) is 4.98 Å². The molecule has 1 fully saturated rings. The first-order chi connectivity index (χ1) is 14.1. The van der Waals surface area contributed by atoms with Crippen LogP contribution in [-0.4, -0.2) is 40.4 Å². The van der Waals surface area contributed by atoms with E-state index in [0.29, 0.717) is 24.7 Å². The molecule has 0 radical (unpaired) electrons. The average Bonchev–Trinajstić information content (AvgIpc) is 3.39. The van der Waals surface area contributed by atoms with Crippen LogP contribution in [-0.2, 0) is 29.0 Å². The minimum Gasteiger partial charge on any atom is -0.337 e. The minimum atomic E-state index is -0.289. The van der Waals surface area contributed by atoms with Gasteiger partial charge >= 0.3 is 0 Å². The van der Waals surface area contributed by atoms with Crippen molar-refractivity contribution in [2.45, 2.75) is 52.0 Å². The number of carbonyl (C=O) groups excluding carboxylic acids is 2. The summed E-state index contributed by atoms with van der Waals surface area (Å²) < 4.78 is 5.23. The van der Waals surface area contributed by atoms with Gasteiger partial charge in [-0.3, -0.25) is 9.59 Å². The van der Waals surface area contributed by atoms with E-state index in [0.717, 1.165) is 37.8 Å². The molecule has 7 nitrogen and oxygen atoms in total. The zero-order valence-electron chi connectivity index (χ0n) is 17.1. The van der Waals surface area contributed by atoms with Crippen LogP contribution in [0.5, 0.6) is 0 Å². The van der Waals surface area contributed by atoms with E-state index in [2.05, 4.69) is 16.2 Å². The number of fused-ring (bicyclic) bond motifs is 1. The van der Waals surface area contributed by atoms with Gasteiger partial charge in [0.15, 0.2) is 5.82 Å². The van der Waals surface area contributed by atoms with Gasteiger partial charge in [-0.15, -0.1) is 0 Å². The fraction of sp³-hybridized carbons (Fsp3) is 0.545. The second kappa shape index (κ2) is 8.35. The highest BCUT2D eigenvalue weighted by molar-refractivity contribution is 5.99. The van der Waals surface area contributed by atoms with Crippen molar-refractivity contribution in [3.8, 4) is 0 Å². The summed E-state index contributed by atoms with van der Waals surface area (Å²) in [7, 11) is 1.75. The largest absolute Gasteiger partial charge is 0.337 e. The fourth-order valence-corrected chi connectivity index (χ4v) is 4.55. The molecule has 2 heterocycles. The van der Waals surface area contributed by atoms with Crippen LogP contribution < -0.4 is 4.90 Å². The molecular weight excluding hydrogens is 368 g/mol. The van der Waals surface area contributed by atoms with Gasteiger partial charge in [0.1, 0.15) is 0 Å². The van der Waals surface area contributed by atoms with Crippen molar-refractivity contribution in [3.63, 3.8) is 0 Å². The van der Waals surface area contributed by atoms with E-state index in [9.17, 15) is 9.59 Å². The van der Waals surface area contributed by atoms with Crippen LogP contribution in [0, 0.1) is 11.8 Å². The summed E-state index contributed by atoms with van der Waals surface area (Å²) >= 11 is 0. The Bertz CT molecular complexity index is 894. The van der Waals surface area contributed by atoms with E-state index in [1.165, 1.54) is 5.56 Å². The molecule has 2 atom stereocenters. The Hall–Kier alpha value is -2.70. The molecule has 2 amide bonds. The van der Waals surface area contributed by atoms with Crippen molar-refractivity contribution in [2.24, 2.45) is 11.8 Å². The predicted molar refractivity (Wildman–Crippen MR) is 108 cm³/mol. The molecule has 29 heavy (non-hydrogen) atoms. The highest BCUT2D eigenvalue weighted by Crippen LogP contribution is 2.36. The second-order valence-corrected chi connectivity index (χ2v) is 8.02. The molecule has 1 aliphatic heterocycles. The van der Waals surface area contributed by atoms with E-state index in [1.807, 2.05) is 30.0 Å². The van der Waals surface area contributed by atoms with Crippen molar-refractivity contribution in [3.05, 3.63) is 41.5 Å². The minimum absolute atomic E-state index is 0.00761. The summed E-state index contributed by atoms with van der Waals surface area (Å²) in [6, 6.07) is 8.06. The maximum atomic E-state index is 13.4. The molecule has 0 N–H and O–H groups in total. The molecule has 2 unspecified atom stereocenters. The molecule has 0 saturated heterocycles. The number of amides is 2. The zero-order valence-corrected chi connectivity index (χ0v) is 17.1. The lowest BCUT2D eigenvalue weighted by molar-refractivity contribution is -0.142. The molecule has 2 aliphatic rings. The van der Waals surface area contributed by atoms with Gasteiger partial charge < -0.3 is 14.3 Å². The number of anilines is 1. The molecular formula is C22H28N4O3. The summed E-state index contributed by atoms with van der Waals surface area (Å²) in [5, 5.41) is 3.89. The lowest BCUT2D eigenvalue weighted by atomic mass is 9.77. The molecule has 4 rings (SSSR count). The number of para-hydroxylation sites is 1. The van der Waals surface area contributed by atoms with Crippen LogP contribution in [0.3, 0.4) is 0 Å². The second-order valence-electron chi connectivity index (χ2n) is 8.02. The summed E-state index contributed by atoms with van der Waals surface area (Å²) in [6.07, 6.45) is 5.05. The van der Waals surface area contributed by atoms with Gasteiger partial charge in [0.25, 0.3) is 0 Å². The first-order valence-corrected chi connectivity index (χ1v) is 10.5. The van der Waals surface area contributed by atoms with Crippen LogP contribution >= 0.6 is 0 Å². The molecule has 1 aliphatic carbocycles. The number of carbonyl (C=O) groups is 2. The molecule has 0 bridgehead atoms. The zero-order chi connectivity index (χ0) is 20.4. The molecule has 1 aromatic heterocycles. The summed E-state index contributed by atoms with van der Waals surface area (Å²) in [5.74, 6) is 0.602. The predicted octanol–water partition coefficient (Wildman–Crippen LogP) is 2.99. The van der Waals surface area contributed by atoms with E-state index in [4.69, 9.17) is 4.52 Å². The highest BCUT2D eigenvalue weighted by Gasteiger charge is 2.40.